The van der Waals surface area contributed by atoms with Gasteiger partial charge in [-0.05, 0) is 56.3 Å². The van der Waals surface area contributed by atoms with Gasteiger partial charge in [0.2, 0.25) is 0 Å². The summed E-state index contributed by atoms with van der Waals surface area (Å²) < 4.78 is 6.85. The minimum absolute atomic E-state index is 0.131. The molecule has 2 heterocycles. The van der Waals surface area contributed by atoms with E-state index in [1.807, 2.05) is 6.07 Å². The molecule has 0 radical (unpaired) electrons. The van der Waals surface area contributed by atoms with Gasteiger partial charge in [-0.3, -0.25) is 4.79 Å². The lowest BCUT2D eigenvalue weighted by molar-refractivity contribution is -0.144. The second kappa shape index (κ2) is 16.6. The molecule has 0 N–H and O–H groups in total. The molecule has 0 bridgehead atoms. The first-order valence-corrected chi connectivity index (χ1v) is 13.6. The fourth-order valence-corrected chi connectivity index (χ4v) is 4.64. The Labute approximate surface area is 221 Å². The van der Waals surface area contributed by atoms with Crippen LogP contribution in [0.3, 0.4) is 0 Å². The topological polar surface area (TPSA) is 52.1 Å². The predicted octanol–water partition coefficient (Wildman–Crippen LogP) is 8.53. The Morgan fingerprint density at radius 2 is 1.81 bits per heavy atom. The van der Waals surface area contributed by atoms with Crippen LogP contribution in [-0.2, 0) is 9.53 Å². The summed E-state index contributed by atoms with van der Waals surface area (Å²) in [5.74, 6) is 1.02. The SMILES string of the molecule is CCCCC(CC)COC(=O)CCSc1cc(Cl)cnc1Br.Sc1cc(Cl)cnc1Br. The van der Waals surface area contributed by atoms with Crippen molar-refractivity contribution >= 4 is 85.4 Å². The molecular weight excluding hydrogens is 607 g/mol. The Morgan fingerprint density at radius 1 is 1.16 bits per heavy atom. The molecule has 0 amide bonds. The number of thioether (sulfide) groups is 1. The van der Waals surface area contributed by atoms with E-state index in [0.717, 1.165) is 31.8 Å². The Balaban J connectivity index is 0.000000442. The van der Waals surface area contributed by atoms with Gasteiger partial charge in [-0.15, -0.1) is 24.4 Å². The van der Waals surface area contributed by atoms with Crippen LogP contribution in [0.2, 0.25) is 10.0 Å². The molecule has 31 heavy (non-hydrogen) atoms. The maximum absolute atomic E-state index is 11.8. The number of unbranched alkanes of at least 4 members (excludes halogenated alkanes) is 1. The average molecular weight is 633 g/mol. The van der Waals surface area contributed by atoms with Gasteiger partial charge in [0.15, 0.2) is 0 Å². The quantitative estimate of drug-likeness (QED) is 0.123. The van der Waals surface area contributed by atoms with E-state index in [1.165, 1.54) is 12.8 Å². The first-order valence-electron chi connectivity index (χ1n) is 9.86. The van der Waals surface area contributed by atoms with E-state index in [2.05, 4.69) is 68.3 Å². The van der Waals surface area contributed by atoms with E-state index in [0.29, 0.717) is 34.7 Å². The summed E-state index contributed by atoms with van der Waals surface area (Å²) in [4.78, 5) is 21.5. The largest absolute Gasteiger partial charge is 0.465 e. The summed E-state index contributed by atoms with van der Waals surface area (Å²) in [5, 5.41) is 1.19. The van der Waals surface area contributed by atoms with Crippen molar-refractivity contribution in [3.8, 4) is 0 Å². The van der Waals surface area contributed by atoms with Gasteiger partial charge in [-0.25, -0.2) is 9.97 Å². The van der Waals surface area contributed by atoms with Crippen LogP contribution < -0.4 is 0 Å². The highest BCUT2D eigenvalue weighted by Crippen LogP contribution is 2.28. The van der Waals surface area contributed by atoms with Crippen LogP contribution in [0.25, 0.3) is 0 Å². The highest BCUT2D eigenvalue weighted by molar-refractivity contribution is 9.10. The predicted molar refractivity (Wildman–Crippen MR) is 141 cm³/mol. The smallest absolute Gasteiger partial charge is 0.306 e. The molecule has 0 saturated carbocycles. The zero-order chi connectivity index (χ0) is 23.2. The molecule has 0 saturated heterocycles. The minimum atomic E-state index is -0.131. The zero-order valence-corrected chi connectivity index (χ0v) is 23.8. The van der Waals surface area contributed by atoms with E-state index in [-0.39, 0.29) is 5.97 Å². The molecule has 0 fully saturated rings. The van der Waals surface area contributed by atoms with E-state index >= 15 is 0 Å². The third kappa shape index (κ3) is 12.7. The Hall–Kier alpha value is 0.01000. The molecular formula is C21H26Br2Cl2N2O2S2. The van der Waals surface area contributed by atoms with E-state index < -0.39 is 0 Å². The molecule has 0 aliphatic carbocycles. The molecule has 172 valence electrons. The van der Waals surface area contributed by atoms with Gasteiger partial charge in [-0.2, -0.15) is 0 Å². The Morgan fingerprint density at radius 3 is 2.39 bits per heavy atom. The second-order valence-corrected chi connectivity index (χ2v) is 10.6. The summed E-state index contributed by atoms with van der Waals surface area (Å²) in [7, 11) is 0. The van der Waals surface area contributed by atoms with Crippen molar-refractivity contribution in [3.63, 3.8) is 0 Å². The van der Waals surface area contributed by atoms with Crippen LogP contribution in [0.4, 0.5) is 0 Å². The summed E-state index contributed by atoms with van der Waals surface area (Å²) in [6.45, 7) is 4.87. The normalized spacial score (nSPS) is 11.5. The number of aromatic nitrogens is 2. The number of hydrogen-bond acceptors (Lipinski definition) is 6. The lowest BCUT2D eigenvalue weighted by Gasteiger charge is -2.14. The zero-order valence-electron chi connectivity index (χ0n) is 17.4. The van der Waals surface area contributed by atoms with Gasteiger partial charge in [-0.1, -0.05) is 56.3 Å². The first-order chi connectivity index (χ1) is 14.8. The maximum atomic E-state index is 11.8. The van der Waals surface area contributed by atoms with Crippen LogP contribution in [-0.4, -0.2) is 28.3 Å². The van der Waals surface area contributed by atoms with Gasteiger partial charge in [0.05, 0.1) is 23.1 Å². The number of halogens is 4. The van der Waals surface area contributed by atoms with Gasteiger partial charge in [0.1, 0.15) is 9.21 Å². The highest BCUT2D eigenvalue weighted by Gasteiger charge is 2.11. The molecule has 1 unspecified atom stereocenters. The van der Waals surface area contributed by atoms with Gasteiger partial charge >= 0.3 is 5.97 Å². The molecule has 0 aliphatic rings. The van der Waals surface area contributed by atoms with Crippen molar-refractivity contribution in [1.29, 1.82) is 0 Å². The number of thiol groups is 1. The number of ether oxygens (including phenoxy) is 1. The van der Waals surface area contributed by atoms with Crippen LogP contribution >= 0.6 is 79.5 Å². The number of rotatable bonds is 10. The molecule has 2 rings (SSSR count). The third-order valence-electron chi connectivity index (χ3n) is 4.15. The fraction of sp³-hybridized carbons (Fsp3) is 0.476. The molecule has 4 nitrogen and oxygen atoms in total. The number of hydrogen-bond donors (Lipinski definition) is 1. The van der Waals surface area contributed by atoms with Crippen molar-refractivity contribution in [2.24, 2.45) is 5.92 Å². The number of carbonyl (C=O) groups excluding carboxylic acids is 1. The van der Waals surface area contributed by atoms with Crippen molar-refractivity contribution in [2.75, 3.05) is 12.4 Å². The van der Waals surface area contributed by atoms with Gasteiger partial charge in [0.25, 0.3) is 0 Å². The van der Waals surface area contributed by atoms with Crippen LogP contribution in [0.1, 0.15) is 46.0 Å². The van der Waals surface area contributed by atoms with E-state index in [1.54, 1.807) is 30.2 Å². The fourth-order valence-electron chi connectivity index (χ4n) is 2.34. The monoisotopic (exact) mass is 630 g/mol. The third-order valence-corrected chi connectivity index (χ3v) is 7.77. The Kier molecular flexibility index (Phi) is 15.5. The van der Waals surface area contributed by atoms with Crippen LogP contribution in [0, 0.1) is 5.92 Å². The number of pyridine rings is 2. The lowest BCUT2D eigenvalue weighted by atomic mass is 10.0. The standard InChI is InChI=1S/C16H23BrClNO2S.C5H3BrClNS/c1-3-5-6-12(4-2)11-21-15(20)7-8-22-14-9-13(18)10-19-16(14)17;6-5-4(9)1-3(7)2-8-5/h9-10,12H,3-8,11H2,1-2H3;1-2,9H. The number of carbonyl (C=O) groups is 1. The molecule has 1 atom stereocenters. The number of esters is 1. The molecule has 0 aromatic carbocycles. The van der Waals surface area contributed by atoms with Crippen molar-refractivity contribution in [1.82, 2.24) is 9.97 Å². The average Bonchev–Trinajstić information content (AvgIpc) is 2.74. The second-order valence-electron chi connectivity index (χ2n) is 6.60. The van der Waals surface area contributed by atoms with Crippen molar-refractivity contribution < 1.29 is 9.53 Å². The van der Waals surface area contributed by atoms with Gasteiger partial charge < -0.3 is 4.74 Å². The summed E-state index contributed by atoms with van der Waals surface area (Å²) >= 11 is 23.7. The summed E-state index contributed by atoms with van der Waals surface area (Å²) in [6.07, 6.45) is 8.12. The Bertz CT molecular complexity index is 832. The molecule has 0 aliphatic heterocycles. The molecule has 2 aromatic rings. The first kappa shape index (κ1) is 29.0. The summed E-state index contributed by atoms with van der Waals surface area (Å²) in [6, 6.07) is 3.56. The van der Waals surface area contributed by atoms with E-state index in [4.69, 9.17) is 27.9 Å². The van der Waals surface area contributed by atoms with Crippen LogP contribution in [0.5, 0.6) is 0 Å². The molecule has 2 aromatic heterocycles. The van der Waals surface area contributed by atoms with Crippen molar-refractivity contribution in [3.05, 3.63) is 43.8 Å². The maximum Gasteiger partial charge on any atom is 0.306 e. The lowest BCUT2D eigenvalue weighted by Crippen LogP contribution is -2.14. The summed E-state index contributed by atoms with van der Waals surface area (Å²) in [5.41, 5.74) is 0. The van der Waals surface area contributed by atoms with Crippen LogP contribution in [0.15, 0.2) is 43.5 Å². The van der Waals surface area contributed by atoms with Crippen molar-refractivity contribution in [2.45, 2.75) is 55.7 Å². The van der Waals surface area contributed by atoms with E-state index in [9.17, 15) is 4.79 Å². The van der Waals surface area contributed by atoms with Gasteiger partial charge in [0, 0.05) is 27.9 Å². The molecule has 10 heteroatoms. The molecule has 0 spiro atoms. The minimum Gasteiger partial charge on any atom is -0.465 e. The highest BCUT2D eigenvalue weighted by atomic mass is 79.9. The number of nitrogens with zero attached hydrogens (tertiary/aromatic N) is 2.